The first-order valence-corrected chi connectivity index (χ1v) is 12.2. The number of sulfone groups is 1. The topological polar surface area (TPSA) is 66.9 Å². The van der Waals surface area contributed by atoms with Gasteiger partial charge in [0.05, 0.1) is 22.9 Å². The molecule has 1 heterocycles. The maximum Gasteiger partial charge on any atom is 0.414 e. The number of carbonyl (C=O) groups excluding carboxylic acids is 1. The van der Waals surface area contributed by atoms with Crippen LogP contribution in [-0.4, -0.2) is 40.0 Å². The van der Waals surface area contributed by atoms with Crippen molar-refractivity contribution in [1.82, 2.24) is 0 Å². The number of hydrogen-bond donors (Lipinski definition) is 0. The molecule has 1 aliphatic rings. The fourth-order valence-electron chi connectivity index (χ4n) is 3.77. The van der Waals surface area contributed by atoms with E-state index >= 15 is 0 Å². The van der Waals surface area contributed by atoms with Crippen LogP contribution in [0, 0.1) is 5.92 Å². The third-order valence-electron chi connectivity index (χ3n) is 5.20. The van der Waals surface area contributed by atoms with Crippen LogP contribution in [0.1, 0.15) is 27.7 Å². The highest BCUT2D eigenvalue weighted by atomic mass is 32.2. The van der Waals surface area contributed by atoms with E-state index in [1.54, 1.807) is 29.2 Å². The van der Waals surface area contributed by atoms with E-state index < -0.39 is 9.84 Å². The Balaban J connectivity index is 2.04. The third-order valence-corrected chi connectivity index (χ3v) is 6.33. The van der Waals surface area contributed by atoms with Crippen LogP contribution >= 0.6 is 0 Å². The van der Waals surface area contributed by atoms with Gasteiger partial charge in [-0.25, -0.2) is 13.2 Å². The fourth-order valence-corrected chi connectivity index (χ4v) is 4.40. The molecule has 166 valence electrons. The van der Waals surface area contributed by atoms with Gasteiger partial charge in [-0.1, -0.05) is 38.6 Å². The first-order chi connectivity index (χ1) is 14.5. The molecule has 0 fully saturated rings. The third kappa shape index (κ3) is 4.93. The van der Waals surface area contributed by atoms with Crippen molar-refractivity contribution in [1.29, 1.82) is 0 Å². The van der Waals surface area contributed by atoms with Crippen molar-refractivity contribution in [2.75, 3.05) is 29.2 Å². The number of fused-ring (bicyclic) bond motifs is 1. The number of anilines is 2. The Kier molecular flexibility index (Phi) is 6.46. The molecule has 0 bridgehead atoms. The van der Waals surface area contributed by atoms with Gasteiger partial charge in [-0.3, -0.25) is 4.90 Å². The summed E-state index contributed by atoms with van der Waals surface area (Å²) in [5.41, 5.74) is 4.29. The first-order valence-electron chi connectivity index (χ1n) is 10.3. The predicted octanol–water partition coefficient (Wildman–Crippen LogP) is 5.10. The van der Waals surface area contributed by atoms with Gasteiger partial charge in [0.25, 0.3) is 0 Å². The molecule has 2 aromatic rings. The quantitative estimate of drug-likeness (QED) is 0.645. The highest BCUT2D eigenvalue weighted by molar-refractivity contribution is 7.90. The summed E-state index contributed by atoms with van der Waals surface area (Å²) in [7, 11) is -3.26. The Morgan fingerprint density at radius 3 is 2.29 bits per heavy atom. The van der Waals surface area contributed by atoms with E-state index in [1.165, 1.54) is 6.26 Å². The number of ether oxygens (including phenoxy) is 1. The summed E-state index contributed by atoms with van der Waals surface area (Å²) in [5.74, 6) is 0.247. The summed E-state index contributed by atoms with van der Waals surface area (Å²) in [6.45, 7) is 12.9. The number of amides is 1. The molecule has 1 amide bonds. The molecule has 0 saturated carbocycles. The van der Waals surface area contributed by atoms with E-state index in [-0.39, 0.29) is 22.9 Å². The van der Waals surface area contributed by atoms with Crippen LogP contribution in [-0.2, 0) is 14.6 Å². The average Bonchev–Trinajstić information content (AvgIpc) is 2.70. The van der Waals surface area contributed by atoms with Crippen LogP contribution < -0.4 is 9.80 Å². The van der Waals surface area contributed by atoms with Crippen LogP contribution in [0.25, 0.3) is 11.1 Å². The SMILES string of the molecule is C=C(C)N1c2ccc(-c3ccc(S(C)(=O)=O)cc3)cc2N(C(=O)OCC(C)C)C[C@@H]1C. The van der Waals surface area contributed by atoms with Crippen molar-refractivity contribution in [3.63, 3.8) is 0 Å². The van der Waals surface area contributed by atoms with Gasteiger partial charge in [0.15, 0.2) is 9.84 Å². The summed E-state index contributed by atoms with van der Waals surface area (Å²) in [6, 6.07) is 12.7. The lowest BCUT2D eigenvalue weighted by Gasteiger charge is -2.42. The molecule has 0 aromatic heterocycles. The van der Waals surface area contributed by atoms with Crippen molar-refractivity contribution < 1.29 is 17.9 Å². The number of benzene rings is 2. The van der Waals surface area contributed by atoms with E-state index in [4.69, 9.17) is 4.74 Å². The molecular formula is C24H30N2O4S. The fraction of sp³-hybridized carbons (Fsp3) is 0.375. The van der Waals surface area contributed by atoms with Crippen molar-refractivity contribution in [2.45, 2.75) is 38.6 Å². The standard InChI is InChI=1S/C24H30N2O4S/c1-16(2)15-30-24(27)25-14-18(5)26(17(3)4)22-12-9-20(13-23(22)25)19-7-10-21(11-8-19)31(6,28)29/h7-13,16,18H,3,14-15H2,1-2,4-6H3/t18-/m0/s1. The Labute approximate surface area is 185 Å². The van der Waals surface area contributed by atoms with Crippen molar-refractivity contribution in [3.05, 3.63) is 54.7 Å². The number of allylic oxidation sites excluding steroid dienone is 1. The molecule has 7 heteroatoms. The van der Waals surface area contributed by atoms with Crippen LogP contribution in [0.5, 0.6) is 0 Å². The van der Waals surface area contributed by atoms with Crippen molar-refractivity contribution >= 4 is 27.3 Å². The van der Waals surface area contributed by atoms with Gasteiger partial charge in [0, 0.05) is 24.5 Å². The lowest BCUT2D eigenvalue weighted by Crippen LogP contribution is -2.49. The monoisotopic (exact) mass is 442 g/mol. The molecule has 31 heavy (non-hydrogen) atoms. The lowest BCUT2D eigenvalue weighted by molar-refractivity contribution is 0.139. The van der Waals surface area contributed by atoms with Gasteiger partial charge in [0.1, 0.15) is 0 Å². The smallest absolute Gasteiger partial charge is 0.414 e. The molecule has 2 aromatic carbocycles. The number of carbonyl (C=O) groups is 1. The second kappa shape index (κ2) is 8.75. The number of rotatable bonds is 5. The van der Waals surface area contributed by atoms with Crippen LogP contribution in [0.15, 0.2) is 59.6 Å². The summed E-state index contributed by atoms with van der Waals surface area (Å²) >= 11 is 0. The first kappa shape index (κ1) is 22.9. The second-order valence-electron chi connectivity index (χ2n) is 8.54. The van der Waals surface area contributed by atoms with E-state index in [0.29, 0.717) is 13.2 Å². The van der Waals surface area contributed by atoms with Gasteiger partial charge in [-0.2, -0.15) is 0 Å². The van der Waals surface area contributed by atoms with E-state index in [9.17, 15) is 13.2 Å². The van der Waals surface area contributed by atoms with Gasteiger partial charge in [-0.15, -0.1) is 0 Å². The van der Waals surface area contributed by atoms with Gasteiger partial charge < -0.3 is 9.64 Å². The van der Waals surface area contributed by atoms with Crippen molar-refractivity contribution in [2.24, 2.45) is 5.92 Å². The minimum absolute atomic E-state index is 0.0523. The molecule has 0 radical (unpaired) electrons. The predicted molar refractivity (Wildman–Crippen MR) is 125 cm³/mol. The average molecular weight is 443 g/mol. The van der Waals surface area contributed by atoms with Crippen LogP contribution in [0.3, 0.4) is 0 Å². The molecule has 0 N–H and O–H groups in total. The summed E-state index contributed by atoms with van der Waals surface area (Å²) in [5, 5.41) is 0. The molecular weight excluding hydrogens is 412 g/mol. The molecule has 0 unspecified atom stereocenters. The highest BCUT2D eigenvalue weighted by Gasteiger charge is 2.33. The number of nitrogens with zero attached hydrogens (tertiary/aromatic N) is 2. The zero-order chi connectivity index (χ0) is 22.9. The molecule has 1 atom stereocenters. The van der Waals surface area contributed by atoms with E-state index in [0.717, 1.165) is 28.2 Å². The summed E-state index contributed by atoms with van der Waals surface area (Å²) < 4.78 is 29.0. The Bertz CT molecular complexity index is 1090. The number of hydrogen-bond acceptors (Lipinski definition) is 5. The maximum absolute atomic E-state index is 12.9. The molecule has 0 saturated heterocycles. The minimum atomic E-state index is -3.26. The lowest BCUT2D eigenvalue weighted by atomic mass is 10.0. The zero-order valence-electron chi connectivity index (χ0n) is 18.8. The molecule has 6 nitrogen and oxygen atoms in total. The van der Waals surface area contributed by atoms with E-state index in [2.05, 4.69) is 18.4 Å². The van der Waals surface area contributed by atoms with Gasteiger partial charge in [0.2, 0.25) is 0 Å². The van der Waals surface area contributed by atoms with Crippen LogP contribution in [0.2, 0.25) is 0 Å². The van der Waals surface area contributed by atoms with Gasteiger partial charge >= 0.3 is 6.09 Å². The van der Waals surface area contributed by atoms with Crippen molar-refractivity contribution in [3.8, 4) is 11.1 Å². The zero-order valence-corrected chi connectivity index (χ0v) is 19.6. The minimum Gasteiger partial charge on any atom is -0.449 e. The summed E-state index contributed by atoms with van der Waals surface area (Å²) in [6.07, 6.45) is 0.822. The normalized spacial score (nSPS) is 16.3. The molecule has 1 aliphatic heterocycles. The highest BCUT2D eigenvalue weighted by Crippen LogP contribution is 2.40. The molecule has 0 spiro atoms. The maximum atomic E-state index is 12.9. The summed E-state index contributed by atoms with van der Waals surface area (Å²) in [4.78, 5) is 17.0. The van der Waals surface area contributed by atoms with Gasteiger partial charge in [-0.05, 0) is 55.2 Å². The second-order valence-corrected chi connectivity index (χ2v) is 10.6. The Hall–Kier alpha value is -2.80. The van der Waals surface area contributed by atoms with Crippen LogP contribution in [0.4, 0.5) is 16.2 Å². The largest absolute Gasteiger partial charge is 0.449 e. The Morgan fingerprint density at radius 2 is 1.74 bits per heavy atom. The molecule has 3 rings (SSSR count). The molecule has 0 aliphatic carbocycles. The Morgan fingerprint density at radius 1 is 1.13 bits per heavy atom. The van der Waals surface area contributed by atoms with E-state index in [1.807, 2.05) is 39.0 Å².